The molecule has 4 rings (SSSR count). The summed E-state index contributed by atoms with van der Waals surface area (Å²) in [5.74, 6) is 1.29. The third-order valence-corrected chi connectivity index (χ3v) is 6.90. The monoisotopic (exact) mass is 401 g/mol. The molecule has 0 fully saturated rings. The number of fused-ring (bicyclic) bond motifs is 3. The minimum atomic E-state index is -3.65. The van der Waals surface area contributed by atoms with E-state index in [9.17, 15) is 8.42 Å². The van der Waals surface area contributed by atoms with Gasteiger partial charge in [-0.2, -0.15) is 4.31 Å². The molecule has 1 aromatic heterocycles. The molecular formula is C20H23N3O4S. The molecule has 1 aliphatic rings. The largest absolute Gasteiger partial charge is 0.493 e. The zero-order chi connectivity index (χ0) is 19.7. The highest BCUT2D eigenvalue weighted by atomic mass is 32.2. The van der Waals surface area contributed by atoms with Crippen LogP contribution in [0.4, 0.5) is 0 Å². The summed E-state index contributed by atoms with van der Waals surface area (Å²) in [7, 11) is -0.471. The third-order valence-electron chi connectivity index (χ3n) is 5.08. The van der Waals surface area contributed by atoms with E-state index in [-0.39, 0.29) is 5.16 Å². The lowest BCUT2D eigenvalue weighted by molar-refractivity contribution is 0.354. The molecular weight excluding hydrogens is 378 g/mol. The SMILES string of the molecule is COc1ccc(CCN2CCCn3c(nc4ccccc43)S2(=O)=O)cc1OC. The Morgan fingerprint density at radius 1 is 1.04 bits per heavy atom. The molecule has 148 valence electrons. The van der Waals surface area contributed by atoms with Gasteiger partial charge in [-0.05, 0) is 42.7 Å². The Hall–Kier alpha value is -2.58. The van der Waals surface area contributed by atoms with E-state index >= 15 is 0 Å². The van der Waals surface area contributed by atoms with E-state index in [1.807, 2.05) is 47.0 Å². The van der Waals surface area contributed by atoms with Crippen molar-refractivity contribution in [1.82, 2.24) is 13.9 Å². The van der Waals surface area contributed by atoms with Gasteiger partial charge in [0.25, 0.3) is 10.0 Å². The molecule has 2 heterocycles. The van der Waals surface area contributed by atoms with Gasteiger partial charge in [0.1, 0.15) is 0 Å². The number of aryl methyl sites for hydroxylation is 1. The van der Waals surface area contributed by atoms with Crippen molar-refractivity contribution in [2.75, 3.05) is 27.3 Å². The van der Waals surface area contributed by atoms with E-state index in [1.54, 1.807) is 14.2 Å². The molecule has 0 N–H and O–H groups in total. The highest BCUT2D eigenvalue weighted by Gasteiger charge is 2.32. The standard InChI is InChI=1S/C20H23N3O4S/c1-26-18-9-8-15(14-19(18)27-2)10-13-22-11-5-12-23-17-7-4-3-6-16(17)21-20(23)28(22,24)25/h3-4,6-9,14H,5,10-13H2,1-2H3. The molecule has 7 nitrogen and oxygen atoms in total. The molecule has 8 heteroatoms. The predicted octanol–water partition coefficient (Wildman–Crippen LogP) is 2.69. The fourth-order valence-electron chi connectivity index (χ4n) is 3.63. The number of rotatable bonds is 5. The molecule has 0 atom stereocenters. The highest BCUT2D eigenvalue weighted by molar-refractivity contribution is 7.89. The lowest BCUT2D eigenvalue weighted by Crippen LogP contribution is -2.33. The van der Waals surface area contributed by atoms with Gasteiger partial charge in [0.2, 0.25) is 5.16 Å². The van der Waals surface area contributed by atoms with Crippen molar-refractivity contribution >= 4 is 21.1 Å². The number of methoxy groups -OCH3 is 2. The van der Waals surface area contributed by atoms with E-state index in [1.165, 1.54) is 4.31 Å². The van der Waals surface area contributed by atoms with Gasteiger partial charge in [-0.3, -0.25) is 0 Å². The van der Waals surface area contributed by atoms with Crippen LogP contribution in [0.5, 0.6) is 11.5 Å². The fraction of sp³-hybridized carbons (Fsp3) is 0.350. The molecule has 0 amide bonds. The molecule has 28 heavy (non-hydrogen) atoms. The Bertz CT molecular complexity index is 1110. The molecule has 0 unspecified atom stereocenters. The van der Waals surface area contributed by atoms with Crippen molar-refractivity contribution in [3.63, 3.8) is 0 Å². The van der Waals surface area contributed by atoms with Crippen LogP contribution in [0, 0.1) is 0 Å². The van der Waals surface area contributed by atoms with Crippen LogP contribution in [0.25, 0.3) is 11.0 Å². The molecule has 0 spiro atoms. The van der Waals surface area contributed by atoms with E-state index < -0.39 is 10.0 Å². The van der Waals surface area contributed by atoms with E-state index in [0.717, 1.165) is 17.5 Å². The Morgan fingerprint density at radius 2 is 1.82 bits per heavy atom. The Kier molecular flexibility index (Phi) is 4.99. The first kappa shape index (κ1) is 18.8. The number of para-hydroxylation sites is 2. The summed E-state index contributed by atoms with van der Waals surface area (Å²) in [5, 5.41) is 0.138. The van der Waals surface area contributed by atoms with Crippen molar-refractivity contribution in [1.29, 1.82) is 0 Å². The topological polar surface area (TPSA) is 73.7 Å². The van der Waals surface area contributed by atoms with Crippen LogP contribution >= 0.6 is 0 Å². The number of ether oxygens (including phenoxy) is 2. The zero-order valence-corrected chi connectivity index (χ0v) is 16.8. The first-order valence-electron chi connectivity index (χ1n) is 9.21. The van der Waals surface area contributed by atoms with Crippen molar-refractivity contribution in [2.24, 2.45) is 0 Å². The molecule has 0 radical (unpaired) electrons. The quantitative estimate of drug-likeness (QED) is 0.657. The first-order chi connectivity index (χ1) is 13.5. The molecule has 0 aliphatic carbocycles. The maximum Gasteiger partial charge on any atom is 0.277 e. The minimum Gasteiger partial charge on any atom is -0.493 e. The summed E-state index contributed by atoms with van der Waals surface area (Å²) in [6, 6.07) is 13.2. The molecule has 1 aliphatic heterocycles. The van der Waals surface area contributed by atoms with Crippen LogP contribution in [0.2, 0.25) is 0 Å². The Balaban J connectivity index is 1.60. The summed E-state index contributed by atoms with van der Waals surface area (Å²) >= 11 is 0. The van der Waals surface area contributed by atoms with Gasteiger partial charge in [0, 0.05) is 19.6 Å². The van der Waals surface area contributed by atoms with Gasteiger partial charge in [-0.1, -0.05) is 18.2 Å². The number of hydrogen-bond donors (Lipinski definition) is 0. The molecule has 0 saturated heterocycles. The number of aromatic nitrogens is 2. The third kappa shape index (κ3) is 3.22. The zero-order valence-electron chi connectivity index (χ0n) is 16.0. The van der Waals surface area contributed by atoms with Gasteiger partial charge < -0.3 is 14.0 Å². The van der Waals surface area contributed by atoms with Gasteiger partial charge >= 0.3 is 0 Å². The Labute approximate surface area is 164 Å². The van der Waals surface area contributed by atoms with Crippen molar-refractivity contribution < 1.29 is 17.9 Å². The summed E-state index contributed by atoms with van der Waals surface area (Å²) < 4.78 is 40.4. The number of benzene rings is 2. The second-order valence-electron chi connectivity index (χ2n) is 6.73. The molecule has 3 aromatic rings. The number of hydrogen-bond acceptors (Lipinski definition) is 5. The van der Waals surface area contributed by atoms with E-state index in [4.69, 9.17) is 9.47 Å². The number of imidazole rings is 1. The Morgan fingerprint density at radius 3 is 2.61 bits per heavy atom. The second-order valence-corrected chi connectivity index (χ2v) is 8.56. The average molecular weight is 401 g/mol. The van der Waals surface area contributed by atoms with Crippen molar-refractivity contribution in [3.05, 3.63) is 48.0 Å². The van der Waals surface area contributed by atoms with Gasteiger partial charge in [0.05, 0.1) is 25.3 Å². The van der Waals surface area contributed by atoms with Crippen LogP contribution in [0.3, 0.4) is 0 Å². The highest BCUT2D eigenvalue weighted by Crippen LogP contribution is 2.29. The second kappa shape index (κ2) is 7.44. The molecule has 0 bridgehead atoms. The lowest BCUT2D eigenvalue weighted by atomic mass is 10.1. The molecule has 0 saturated carbocycles. The van der Waals surface area contributed by atoms with Gasteiger partial charge in [0.15, 0.2) is 11.5 Å². The number of nitrogens with zero attached hydrogens (tertiary/aromatic N) is 3. The maximum atomic E-state index is 13.2. The number of sulfonamides is 1. The van der Waals surface area contributed by atoms with Crippen LogP contribution in [-0.2, 0) is 23.0 Å². The summed E-state index contributed by atoms with van der Waals surface area (Å²) in [4.78, 5) is 4.42. The van der Waals surface area contributed by atoms with Crippen molar-refractivity contribution in [3.8, 4) is 11.5 Å². The fourth-order valence-corrected chi connectivity index (χ4v) is 5.24. The maximum absolute atomic E-state index is 13.2. The molecule has 2 aromatic carbocycles. The summed E-state index contributed by atoms with van der Waals surface area (Å²) in [6.07, 6.45) is 1.33. The summed E-state index contributed by atoms with van der Waals surface area (Å²) in [5.41, 5.74) is 2.57. The minimum absolute atomic E-state index is 0.138. The first-order valence-corrected chi connectivity index (χ1v) is 10.6. The normalized spacial score (nSPS) is 16.5. The lowest BCUT2D eigenvalue weighted by Gasteiger charge is -2.19. The van der Waals surface area contributed by atoms with Crippen LogP contribution < -0.4 is 9.47 Å². The van der Waals surface area contributed by atoms with Crippen LogP contribution in [0.15, 0.2) is 47.6 Å². The van der Waals surface area contributed by atoms with E-state index in [2.05, 4.69) is 4.98 Å². The average Bonchev–Trinajstić information content (AvgIpc) is 3.04. The van der Waals surface area contributed by atoms with Crippen LogP contribution in [-0.4, -0.2) is 49.6 Å². The van der Waals surface area contributed by atoms with E-state index in [0.29, 0.717) is 43.1 Å². The van der Waals surface area contributed by atoms with Crippen molar-refractivity contribution in [2.45, 2.75) is 24.5 Å². The van der Waals surface area contributed by atoms with Crippen LogP contribution in [0.1, 0.15) is 12.0 Å². The summed E-state index contributed by atoms with van der Waals surface area (Å²) in [6.45, 7) is 1.51. The van der Waals surface area contributed by atoms with Gasteiger partial charge in [-0.15, -0.1) is 0 Å². The smallest absolute Gasteiger partial charge is 0.277 e. The predicted molar refractivity (Wildman–Crippen MR) is 106 cm³/mol. The van der Waals surface area contributed by atoms with Gasteiger partial charge in [-0.25, -0.2) is 13.4 Å².